The molecule has 1 amide bonds. The summed E-state index contributed by atoms with van der Waals surface area (Å²) in [6, 6.07) is 19.0. The van der Waals surface area contributed by atoms with Gasteiger partial charge in [0, 0.05) is 16.3 Å². The summed E-state index contributed by atoms with van der Waals surface area (Å²) in [5.74, 6) is -2.46. The van der Waals surface area contributed by atoms with Gasteiger partial charge in [0.15, 0.2) is 6.61 Å². The minimum atomic E-state index is -3.98. The van der Waals surface area contributed by atoms with Crippen molar-refractivity contribution in [2.75, 3.05) is 16.6 Å². The van der Waals surface area contributed by atoms with E-state index in [4.69, 9.17) is 4.74 Å². The highest BCUT2D eigenvalue weighted by Gasteiger charge is 2.18. The van der Waals surface area contributed by atoms with Crippen LogP contribution in [0.25, 0.3) is 0 Å². The Morgan fingerprint density at radius 2 is 1.66 bits per heavy atom. The fourth-order valence-corrected chi connectivity index (χ4v) is 4.57. The lowest BCUT2D eigenvalue weighted by Crippen LogP contribution is -2.21. The molecule has 0 aliphatic carbocycles. The number of halogens is 2. The minimum Gasteiger partial charge on any atom is -0.484 e. The topological polar surface area (TPSA) is 84.5 Å². The molecule has 0 atom stereocenters. The second-order valence-corrected chi connectivity index (χ2v) is 9.35. The Bertz CT molecular complexity index is 1170. The van der Waals surface area contributed by atoms with E-state index in [9.17, 15) is 22.0 Å². The molecule has 168 valence electrons. The average molecular weight is 479 g/mol. The van der Waals surface area contributed by atoms with Crippen LogP contribution in [-0.2, 0) is 14.8 Å². The predicted octanol–water partition coefficient (Wildman–Crippen LogP) is 5.13. The van der Waals surface area contributed by atoms with E-state index in [-0.39, 0.29) is 17.2 Å². The molecule has 0 unspecified atom stereocenters. The summed E-state index contributed by atoms with van der Waals surface area (Å²) in [6.07, 6.45) is 0. The Morgan fingerprint density at radius 1 is 1.00 bits per heavy atom. The van der Waals surface area contributed by atoms with E-state index in [0.717, 1.165) is 0 Å². The van der Waals surface area contributed by atoms with Gasteiger partial charge < -0.3 is 10.1 Å². The van der Waals surface area contributed by atoms with E-state index >= 15 is 0 Å². The lowest BCUT2D eigenvalue weighted by molar-refractivity contribution is -0.118. The van der Waals surface area contributed by atoms with Crippen molar-refractivity contribution in [2.45, 2.75) is 22.5 Å². The predicted molar refractivity (Wildman–Crippen MR) is 121 cm³/mol. The number of nitrogens with one attached hydrogen (secondary N) is 2. The van der Waals surface area contributed by atoms with Crippen LogP contribution in [0.5, 0.6) is 5.75 Å². The van der Waals surface area contributed by atoms with Crippen LogP contribution < -0.4 is 14.8 Å². The zero-order valence-corrected chi connectivity index (χ0v) is 18.6. The van der Waals surface area contributed by atoms with Gasteiger partial charge in [0.1, 0.15) is 5.75 Å². The molecule has 2 N–H and O–H groups in total. The van der Waals surface area contributed by atoms with Crippen molar-refractivity contribution in [1.82, 2.24) is 0 Å². The molecule has 0 spiro atoms. The third kappa shape index (κ3) is 6.69. The SMILES string of the molecule is Cc1ccc(NC(=O)COc2ccccc2)cc1S(=O)(=O)Nc1ccc(SC(F)F)cc1. The van der Waals surface area contributed by atoms with Gasteiger partial charge in [-0.1, -0.05) is 36.0 Å². The Kier molecular flexibility index (Phi) is 7.70. The Balaban J connectivity index is 1.69. The first-order chi connectivity index (χ1) is 15.2. The number of hydrogen-bond acceptors (Lipinski definition) is 5. The highest BCUT2D eigenvalue weighted by atomic mass is 32.2. The number of thioether (sulfide) groups is 1. The molecule has 32 heavy (non-hydrogen) atoms. The first-order valence-electron chi connectivity index (χ1n) is 9.39. The monoisotopic (exact) mass is 478 g/mol. The molecule has 0 radical (unpaired) electrons. The van der Waals surface area contributed by atoms with Crippen LogP contribution in [-0.4, -0.2) is 26.7 Å². The smallest absolute Gasteiger partial charge is 0.288 e. The fourth-order valence-electron chi connectivity index (χ4n) is 2.74. The number of carbonyl (C=O) groups is 1. The molecule has 0 saturated carbocycles. The van der Waals surface area contributed by atoms with Crippen molar-refractivity contribution in [3.05, 3.63) is 78.4 Å². The third-order valence-corrected chi connectivity index (χ3v) is 6.45. The molecular weight excluding hydrogens is 458 g/mol. The Hall–Kier alpha value is -3.11. The van der Waals surface area contributed by atoms with E-state index in [1.165, 1.54) is 30.3 Å². The maximum atomic E-state index is 12.9. The summed E-state index contributed by atoms with van der Waals surface area (Å²) in [4.78, 5) is 12.5. The minimum absolute atomic E-state index is 0.0229. The van der Waals surface area contributed by atoms with Crippen LogP contribution >= 0.6 is 11.8 Å². The maximum Gasteiger partial charge on any atom is 0.288 e. The van der Waals surface area contributed by atoms with Crippen molar-refractivity contribution in [3.8, 4) is 5.75 Å². The molecule has 3 aromatic carbocycles. The van der Waals surface area contributed by atoms with E-state index in [2.05, 4.69) is 10.0 Å². The summed E-state index contributed by atoms with van der Waals surface area (Å²) in [5, 5.41) is 2.61. The fraction of sp³-hybridized carbons (Fsp3) is 0.136. The normalized spacial score (nSPS) is 11.2. The highest BCUT2D eigenvalue weighted by molar-refractivity contribution is 7.99. The van der Waals surface area contributed by atoms with E-state index in [1.54, 1.807) is 43.3 Å². The van der Waals surface area contributed by atoms with Gasteiger partial charge in [0.05, 0.1) is 4.90 Å². The van der Waals surface area contributed by atoms with Crippen LogP contribution in [0.4, 0.5) is 20.2 Å². The number of benzene rings is 3. The molecule has 3 aromatic rings. The van der Waals surface area contributed by atoms with Crippen molar-refractivity contribution < 1.29 is 26.7 Å². The van der Waals surface area contributed by atoms with E-state index in [1.807, 2.05) is 6.07 Å². The van der Waals surface area contributed by atoms with Gasteiger partial charge in [0.2, 0.25) is 0 Å². The van der Waals surface area contributed by atoms with Crippen molar-refractivity contribution >= 4 is 39.1 Å². The number of amides is 1. The number of hydrogen-bond donors (Lipinski definition) is 2. The Morgan fingerprint density at radius 3 is 2.31 bits per heavy atom. The standard InChI is InChI=1S/C22H20F2N2O4S2/c1-15-7-8-17(25-21(27)14-30-18-5-3-2-4-6-18)13-20(15)32(28,29)26-16-9-11-19(12-10-16)31-22(23)24/h2-13,22,26H,14H2,1H3,(H,25,27). The van der Waals surface area contributed by atoms with Crippen LogP contribution in [0.15, 0.2) is 82.6 Å². The molecule has 10 heteroatoms. The molecular formula is C22H20F2N2O4S2. The van der Waals surface area contributed by atoms with Crippen molar-refractivity contribution in [1.29, 1.82) is 0 Å². The molecule has 0 aliphatic rings. The second-order valence-electron chi connectivity index (χ2n) is 6.64. The van der Waals surface area contributed by atoms with E-state index < -0.39 is 21.7 Å². The molecule has 0 aliphatic heterocycles. The van der Waals surface area contributed by atoms with Gasteiger partial charge in [-0.2, -0.15) is 8.78 Å². The molecule has 0 fully saturated rings. The van der Waals surface area contributed by atoms with Crippen molar-refractivity contribution in [3.63, 3.8) is 0 Å². The summed E-state index contributed by atoms with van der Waals surface area (Å²) in [7, 11) is -3.98. The van der Waals surface area contributed by atoms with Crippen LogP contribution in [0.2, 0.25) is 0 Å². The average Bonchev–Trinajstić information content (AvgIpc) is 2.75. The van der Waals surface area contributed by atoms with Gasteiger partial charge in [0.25, 0.3) is 21.7 Å². The molecule has 0 aromatic heterocycles. The third-order valence-electron chi connectivity index (χ3n) is 4.21. The highest BCUT2D eigenvalue weighted by Crippen LogP contribution is 2.28. The summed E-state index contributed by atoms with van der Waals surface area (Å²) >= 11 is 0.373. The Labute approximate surface area is 189 Å². The maximum absolute atomic E-state index is 12.9. The first-order valence-corrected chi connectivity index (χ1v) is 11.8. The van der Waals surface area contributed by atoms with Gasteiger partial charge in [-0.15, -0.1) is 0 Å². The molecule has 0 bridgehead atoms. The lowest BCUT2D eigenvalue weighted by atomic mass is 10.2. The van der Waals surface area contributed by atoms with Gasteiger partial charge >= 0.3 is 0 Å². The molecule has 0 heterocycles. The second kappa shape index (κ2) is 10.5. The lowest BCUT2D eigenvalue weighted by Gasteiger charge is -2.13. The van der Waals surface area contributed by atoms with Gasteiger partial charge in [-0.3, -0.25) is 9.52 Å². The number of anilines is 2. The van der Waals surface area contributed by atoms with Crippen LogP contribution in [0.3, 0.4) is 0 Å². The molecule has 0 saturated heterocycles. The molecule has 6 nitrogen and oxygen atoms in total. The number of rotatable bonds is 9. The molecule has 3 rings (SSSR count). The summed E-state index contributed by atoms with van der Waals surface area (Å²) < 4.78 is 58.4. The number of carbonyl (C=O) groups excluding carboxylic acids is 1. The van der Waals surface area contributed by atoms with Crippen LogP contribution in [0, 0.1) is 6.92 Å². The van der Waals surface area contributed by atoms with Crippen LogP contribution in [0.1, 0.15) is 5.56 Å². The summed E-state index contributed by atoms with van der Waals surface area (Å²) in [5.41, 5.74) is 0.996. The number of ether oxygens (including phenoxy) is 1. The zero-order chi connectivity index (χ0) is 23.1. The van der Waals surface area contributed by atoms with Gasteiger partial charge in [-0.25, -0.2) is 8.42 Å². The number of sulfonamides is 1. The first kappa shape index (κ1) is 23.6. The quantitative estimate of drug-likeness (QED) is 0.417. The van der Waals surface area contributed by atoms with E-state index in [0.29, 0.717) is 33.7 Å². The van der Waals surface area contributed by atoms with Crippen molar-refractivity contribution in [2.24, 2.45) is 0 Å². The number of alkyl halides is 2. The number of aryl methyl sites for hydroxylation is 1. The zero-order valence-electron chi connectivity index (χ0n) is 16.9. The summed E-state index contributed by atoms with van der Waals surface area (Å²) in [6.45, 7) is 1.39. The largest absolute Gasteiger partial charge is 0.484 e. The van der Waals surface area contributed by atoms with Gasteiger partial charge in [-0.05, 0) is 61.0 Å². The number of para-hydroxylation sites is 1.